The van der Waals surface area contributed by atoms with Crippen LogP contribution in [0.1, 0.15) is 64.2 Å². The fraction of sp³-hybridized carbons (Fsp3) is 0.380. The summed E-state index contributed by atoms with van der Waals surface area (Å²) < 4.78 is 47.5. The Labute approximate surface area is 421 Å². The van der Waals surface area contributed by atoms with Gasteiger partial charge < -0.3 is 40.2 Å². The molecule has 10 rings (SSSR count). The molecule has 376 valence electrons. The van der Waals surface area contributed by atoms with Crippen molar-refractivity contribution in [2.45, 2.75) is 64.2 Å². The number of benzene rings is 1. The summed E-state index contributed by atoms with van der Waals surface area (Å²) in [7, 11) is 0. The lowest BCUT2D eigenvalue weighted by Crippen LogP contribution is -2.43. The largest absolute Gasteiger partial charge is 0.481 e. The van der Waals surface area contributed by atoms with E-state index in [4.69, 9.17) is 27.9 Å². The van der Waals surface area contributed by atoms with Crippen LogP contribution in [0, 0.1) is 34.7 Å². The van der Waals surface area contributed by atoms with Gasteiger partial charge in [-0.3, -0.25) is 9.59 Å². The van der Waals surface area contributed by atoms with Crippen LogP contribution in [-0.2, 0) is 9.59 Å². The van der Waals surface area contributed by atoms with Crippen LogP contribution < -0.4 is 15.4 Å². The monoisotopic (exact) mass is 1030 g/mol. The second-order valence-electron chi connectivity index (χ2n) is 18.6. The summed E-state index contributed by atoms with van der Waals surface area (Å²) in [6, 6.07) is 8.79. The highest BCUT2D eigenvalue weighted by atomic mass is 35.5. The fourth-order valence-electron chi connectivity index (χ4n) is 9.87. The van der Waals surface area contributed by atoms with Gasteiger partial charge in [0.05, 0.1) is 28.9 Å². The van der Waals surface area contributed by atoms with Crippen molar-refractivity contribution >= 4 is 74.9 Å². The molecule has 1 aliphatic carbocycles. The molecule has 8 heterocycles. The van der Waals surface area contributed by atoms with E-state index in [2.05, 4.69) is 50.5 Å². The van der Waals surface area contributed by atoms with Crippen molar-refractivity contribution in [3.8, 4) is 28.5 Å². The summed E-state index contributed by atoms with van der Waals surface area (Å²) in [5.74, 6) is -1.02. The molecule has 0 radical (unpaired) electrons. The van der Waals surface area contributed by atoms with E-state index in [1.165, 1.54) is 30.5 Å². The molecule has 3 fully saturated rings. The average molecular weight is 1030 g/mol. The van der Waals surface area contributed by atoms with E-state index in [1.807, 2.05) is 4.90 Å². The summed E-state index contributed by atoms with van der Waals surface area (Å²) in [5, 5.41) is 18.0. The maximum Gasteiger partial charge on any atom is 0.415 e. The topological polar surface area (TPSA) is 220 Å². The van der Waals surface area contributed by atoms with Gasteiger partial charge in [-0.25, -0.2) is 47.9 Å². The average Bonchev–Trinajstić information content (AvgIpc) is 4.13. The molecule has 2 atom stereocenters. The minimum atomic E-state index is -0.839. The molecule has 1 aromatic carbocycles. The Morgan fingerprint density at radius 2 is 1.22 bits per heavy atom. The molecule has 72 heavy (non-hydrogen) atoms. The van der Waals surface area contributed by atoms with Crippen molar-refractivity contribution in [2.24, 2.45) is 17.3 Å². The second kappa shape index (κ2) is 22.1. The van der Waals surface area contributed by atoms with Crippen molar-refractivity contribution in [1.29, 1.82) is 0 Å². The lowest BCUT2D eigenvalue weighted by atomic mass is 9.79. The number of carboxylic acids is 1. The van der Waals surface area contributed by atoms with Crippen molar-refractivity contribution in [3.05, 3.63) is 101 Å². The standard InChI is InChI=1S/C26H30ClFN6O3.C24H21ClF2N6O2/c27-17-8-18-19(13-31-23(18)30-12-17)24-32-14-20(28)25(33-24)29-11-16-4-3-7-34(15-16)21(35)9-26(10-22(36)37)5-1-2-6-26;25-15-8-18-19(11-30-21(18)29-10-15)22-31-12-20(27)23(32-22)28-9-14-2-1-7-33(13-14)24(34)35-17-5-3-16(26)4-6-17/h8,12-14,16H,1-7,9-11,15H2,(H,30,31)(H,36,37)(H,29,32,33);3-6,8,10-12,14H,1-2,7,9,13H2,(H,29,30)(H,28,31,32). The molecule has 17 nitrogen and oxygen atoms in total. The van der Waals surface area contributed by atoms with Crippen LogP contribution in [0.15, 0.2) is 73.6 Å². The molecule has 1 saturated carbocycles. The number of likely N-dealkylation sites (tertiary alicyclic amines) is 2. The summed E-state index contributed by atoms with van der Waals surface area (Å²) in [4.78, 5) is 72.1. The van der Waals surface area contributed by atoms with Gasteiger partial charge in [-0.15, -0.1) is 0 Å². The number of hydrogen-bond donors (Lipinski definition) is 5. The van der Waals surface area contributed by atoms with Crippen LogP contribution in [0.5, 0.6) is 5.75 Å². The normalized spacial score (nSPS) is 17.6. The molecule has 2 saturated heterocycles. The van der Waals surface area contributed by atoms with Gasteiger partial charge in [0.1, 0.15) is 22.9 Å². The maximum atomic E-state index is 14.6. The first-order valence-corrected chi connectivity index (χ1v) is 24.5. The highest BCUT2D eigenvalue weighted by molar-refractivity contribution is 6.31. The zero-order valence-electron chi connectivity index (χ0n) is 38.9. The minimum Gasteiger partial charge on any atom is -0.481 e. The van der Waals surface area contributed by atoms with Crippen LogP contribution in [0.2, 0.25) is 10.0 Å². The third-order valence-electron chi connectivity index (χ3n) is 13.5. The third kappa shape index (κ3) is 12.0. The number of aliphatic carboxylic acids is 1. The Morgan fingerprint density at radius 3 is 1.75 bits per heavy atom. The molecule has 5 N–H and O–H groups in total. The number of nitrogens with one attached hydrogen (secondary N) is 4. The minimum absolute atomic E-state index is 0.0231. The summed E-state index contributed by atoms with van der Waals surface area (Å²) in [5.41, 5.74) is 2.17. The number of fused-ring (bicyclic) bond motifs is 2. The lowest BCUT2D eigenvalue weighted by molar-refractivity contribution is -0.142. The predicted molar refractivity (Wildman–Crippen MR) is 265 cm³/mol. The number of carbonyl (C=O) groups is 3. The van der Waals surface area contributed by atoms with Crippen LogP contribution in [-0.4, -0.2) is 112 Å². The van der Waals surface area contributed by atoms with Gasteiger partial charge in [0.2, 0.25) is 5.91 Å². The number of aromatic nitrogens is 8. The van der Waals surface area contributed by atoms with E-state index in [1.54, 1.807) is 35.6 Å². The first-order valence-electron chi connectivity index (χ1n) is 23.8. The first-order chi connectivity index (χ1) is 34.8. The Hall–Kier alpha value is -7.06. The number of rotatable bonds is 13. The molecular weight excluding hydrogens is 977 g/mol. The number of hydrogen-bond acceptors (Lipinski definition) is 12. The Bertz CT molecular complexity index is 3080. The molecule has 0 spiro atoms. The van der Waals surface area contributed by atoms with E-state index in [9.17, 15) is 32.7 Å². The second-order valence-corrected chi connectivity index (χ2v) is 19.5. The van der Waals surface area contributed by atoms with Gasteiger partial charge in [0, 0.05) is 92.4 Å². The van der Waals surface area contributed by atoms with E-state index in [0.717, 1.165) is 74.5 Å². The number of H-pyrrole nitrogens is 2. The van der Waals surface area contributed by atoms with Gasteiger partial charge in [-0.1, -0.05) is 36.0 Å². The smallest absolute Gasteiger partial charge is 0.415 e. The number of nitrogens with zero attached hydrogens (tertiary/aromatic N) is 8. The van der Waals surface area contributed by atoms with Crippen molar-refractivity contribution in [3.63, 3.8) is 0 Å². The molecule has 2 amide bonds. The van der Waals surface area contributed by atoms with Gasteiger partial charge in [0.15, 0.2) is 34.9 Å². The SMILES string of the molecule is O=C(O)CC1(CC(=O)N2CCCC(CNc3nc(-c4c[nH]c5ncc(Cl)cc45)ncc3F)C2)CCCC1.O=C(Oc1ccc(F)cc1)N1CCCC(CNc2nc(-c3c[nH]c4ncc(Cl)cc34)ncc2F)C1. The molecule has 7 aromatic rings. The number of carbonyl (C=O) groups excluding carboxylic acids is 2. The Kier molecular flexibility index (Phi) is 15.4. The number of carboxylic acid groups (broad SMARTS) is 1. The Morgan fingerprint density at radius 1 is 0.708 bits per heavy atom. The number of amides is 2. The summed E-state index contributed by atoms with van der Waals surface area (Å²) in [6.07, 6.45) is 15.5. The lowest BCUT2D eigenvalue weighted by Gasteiger charge is -2.36. The van der Waals surface area contributed by atoms with Crippen molar-refractivity contribution in [2.75, 3.05) is 49.9 Å². The quantitative estimate of drug-likeness (QED) is 0.0727. The number of halogens is 5. The van der Waals surface area contributed by atoms with Gasteiger partial charge in [-0.05, 0) is 92.2 Å². The van der Waals surface area contributed by atoms with Crippen LogP contribution in [0.3, 0.4) is 0 Å². The molecule has 0 bridgehead atoms. The van der Waals surface area contributed by atoms with Crippen molar-refractivity contribution < 1.29 is 37.4 Å². The molecule has 2 unspecified atom stereocenters. The van der Waals surface area contributed by atoms with Gasteiger partial charge in [0.25, 0.3) is 0 Å². The number of pyridine rings is 2. The zero-order chi connectivity index (χ0) is 50.4. The van der Waals surface area contributed by atoms with E-state index in [-0.39, 0.29) is 48.0 Å². The number of piperidine rings is 2. The molecular formula is C50H51Cl2F3N12O5. The van der Waals surface area contributed by atoms with E-state index < -0.39 is 34.9 Å². The maximum absolute atomic E-state index is 14.6. The van der Waals surface area contributed by atoms with Crippen LogP contribution >= 0.6 is 23.2 Å². The number of ether oxygens (including phenoxy) is 1. The van der Waals surface area contributed by atoms with E-state index >= 15 is 0 Å². The molecule has 22 heteroatoms. The van der Waals surface area contributed by atoms with Crippen molar-refractivity contribution in [1.82, 2.24) is 49.7 Å². The summed E-state index contributed by atoms with van der Waals surface area (Å²) >= 11 is 12.2. The number of aromatic amines is 2. The molecule has 2 aliphatic heterocycles. The highest BCUT2D eigenvalue weighted by Crippen LogP contribution is 2.45. The van der Waals surface area contributed by atoms with Crippen LogP contribution in [0.4, 0.5) is 29.6 Å². The molecule has 6 aromatic heterocycles. The van der Waals surface area contributed by atoms with Crippen LogP contribution in [0.25, 0.3) is 44.8 Å². The first kappa shape index (κ1) is 49.9. The van der Waals surface area contributed by atoms with Gasteiger partial charge >= 0.3 is 12.1 Å². The fourth-order valence-corrected chi connectivity index (χ4v) is 10.2. The zero-order valence-corrected chi connectivity index (χ0v) is 40.5. The molecule has 3 aliphatic rings. The highest BCUT2D eigenvalue weighted by Gasteiger charge is 2.40. The third-order valence-corrected chi connectivity index (χ3v) is 13.9. The number of anilines is 2. The van der Waals surface area contributed by atoms with E-state index in [0.29, 0.717) is 83.4 Å². The summed E-state index contributed by atoms with van der Waals surface area (Å²) in [6.45, 7) is 3.09. The predicted octanol–water partition coefficient (Wildman–Crippen LogP) is 10.2. The Balaban J connectivity index is 0.000000178. The van der Waals surface area contributed by atoms with Gasteiger partial charge in [-0.2, -0.15) is 0 Å².